The fraction of sp³-hybridized carbons (Fsp3) is 0.724. The van der Waals surface area contributed by atoms with Gasteiger partial charge in [0.05, 0.1) is 12.2 Å². The Kier molecular flexibility index (Phi) is 9.15. The molecular formula is C29H49N3O. The molecule has 0 amide bonds. The third-order valence-corrected chi connectivity index (χ3v) is 7.89. The summed E-state index contributed by atoms with van der Waals surface area (Å²) in [6.45, 7) is 21.5. The second-order valence-corrected chi connectivity index (χ2v) is 11.1. The molecule has 1 saturated heterocycles. The van der Waals surface area contributed by atoms with Crippen LogP contribution in [-0.4, -0.2) is 57.8 Å². The second-order valence-electron chi connectivity index (χ2n) is 11.1. The van der Waals surface area contributed by atoms with Crippen LogP contribution in [0.2, 0.25) is 0 Å². The number of fused-ring (bicyclic) bond motifs is 1. The molecule has 2 heterocycles. The van der Waals surface area contributed by atoms with E-state index in [1.807, 2.05) is 0 Å². The minimum Gasteiger partial charge on any atom is -0.489 e. The first-order chi connectivity index (χ1) is 15.8. The third-order valence-electron chi connectivity index (χ3n) is 7.89. The van der Waals surface area contributed by atoms with E-state index in [2.05, 4.69) is 81.5 Å². The molecule has 0 saturated carbocycles. The van der Waals surface area contributed by atoms with E-state index in [0.29, 0.717) is 5.41 Å². The van der Waals surface area contributed by atoms with E-state index < -0.39 is 0 Å². The lowest BCUT2D eigenvalue weighted by molar-refractivity contribution is 0.221. The standard InChI is InChI=1S/C29H49N3O/c1-8-11-14-31-15-17-32(18-16-31)26-22-28-27(30(7)19-20-33-28)21-25(26)23(9-2)12-13-24(10-3)29(4,5)6/h9,21-22,24H,8,10-20H2,1-7H3/b23-9+. The maximum absolute atomic E-state index is 6.13. The maximum atomic E-state index is 6.13. The SMILES string of the molecule is C/C=C(\CCC(CC)C(C)(C)C)c1cc2c(cc1N1CCN(CCCC)CC1)OCCN2C. The predicted molar refractivity (Wildman–Crippen MR) is 145 cm³/mol. The van der Waals surface area contributed by atoms with Crippen molar-refractivity contribution in [2.24, 2.45) is 11.3 Å². The van der Waals surface area contributed by atoms with Gasteiger partial charge in [-0.2, -0.15) is 0 Å². The van der Waals surface area contributed by atoms with Crippen molar-refractivity contribution < 1.29 is 4.74 Å². The van der Waals surface area contributed by atoms with Gasteiger partial charge in [-0.25, -0.2) is 0 Å². The number of piperazine rings is 1. The zero-order chi connectivity index (χ0) is 24.0. The van der Waals surface area contributed by atoms with Crippen LogP contribution in [0.3, 0.4) is 0 Å². The van der Waals surface area contributed by atoms with Gasteiger partial charge >= 0.3 is 0 Å². The monoisotopic (exact) mass is 455 g/mol. The number of anilines is 2. The van der Waals surface area contributed by atoms with Crippen molar-refractivity contribution in [3.63, 3.8) is 0 Å². The fourth-order valence-corrected chi connectivity index (χ4v) is 5.51. The van der Waals surface area contributed by atoms with Gasteiger partial charge in [-0.05, 0) is 55.7 Å². The van der Waals surface area contributed by atoms with Gasteiger partial charge in [-0.3, -0.25) is 4.90 Å². The molecule has 4 nitrogen and oxygen atoms in total. The molecule has 33 heavy (non-hydrogen) atoms. The van der Waals surface area contributed by atoms with Crippen LogP contribution in [0.25, 0.3) is 5.57 Å². The summed E-state index contributed by atoms with van der Waals surface area (Å²) >= 11 is 0. The molecule has 0 bridgehead atoms. The van der Waals surface area contributed by atoms with Crippen LogP contribution in [0.15, 0.2) is 18.2 Å². The largest absolute Gasteiger partial charge is 0.489 e. The van der Waals surface area contributed by atoms with E-state index in [1.165, 1.54) is 54.7 Å². The number of likely N-dealkylation sites (N-methyl/N-ethyl adjacent to an activating group) is 1. The Hall–Kier alpha value is -1.68. The highest BCUT2D eigenvalue weighted by atomic mass is 16.5. The number of benzene rings is 1. The number of unbranched alkanes of at least 4 members (excludes halogenated alkanes) is 1. The summed E-state index contributed by atoms with van der Waals surface area (Å²) in [6, 6.07) is 4.76. The van der Waals surface area contributed by atoms with Crippen molar-refractivity contribution in [1.82, 2.24) is 4.90 Å². The second kappa shape index (κ2) is 11.6. The maximum Gasteiger partial charge on any atom is 0.144 e. The molecule has 3 rings (SSSR count). The van der Waals surface area contributed by atoms with E-state index in [4.69, 9.17) is 4.74 Å². The zero-order valence-corrected chi connectivity index (χ0v) is 22.5. The quantitative estimate of drug-likeness (QED) is 0.413. The zero-order valence-electron chi connectivity index (χ0n) is 22.5. The highest BCUT2D eigenvalue weighted by molar-refractivity contribution is 5.83. The van der Waals surface area contributed by atoms with Gasteiger partial charge in [-0.15, -0.1) is 0 Å². The summed E-state index contributed by atoms with van der Waals surface area (Å²) < 4.78 is 6.13. The highest BCUT2D eigenvalue weighted by Gasteiger charge is 2.27. The van der Waals surface area contributed by atoms with Crippen LogP contribution in [0.1, 0.15) is 79.2 Å². The number of nitrogens with zero attached hydrogens (tertiary/aromatic N) is 3. The van der Waals surface area contributed by atoms with Crippen molar-refractivity contribution in [3.8, 4) is 5.75 Å². The van der Waals surface area contributed by atoms with Gasteiger partial charge in [0, 0.05) is 50.5 Å². The molecule has 1 fully saturated rings. The summed E-state index contributed by atoms with van der Waals surface area (Å²) in [6.07, 6.45) is 8.57. The fourth-order valence-electron chi connectivity index (χ4n) is 5.51. The Morgan fingerprint density at radius 1 is 1.06 bits per heavy atom. The molecule has 1 atom stereocenters. The Morgan fingerprint density at radius 2 is 1.79 bits per heavy atom. The van der Waals surface area contributed by atoms with Gasteiger partial charge < -0.3 is 14.5 Å². The Balaban J connectivity index is 1.88. The molecular weight excluding hydrogens is 406 g/mol. The molecule has 2 aliphatic rings. The van der Waals surface area contributed by atoms with E-state index in [9.17, 15) is 0 Å². The number of hydrogen-bond acceptors (Lipinski definition) is 4. The number of rotatable bonds is 9. The number of hydrogen-bond donors (Lipinski definition) is 0. The molecule has 0 spiro atoms. The van der Waals surface area contributed by atoms with Crippen molar-refractivity contribution in [2.75, 3.05) is 62.7 Å². The van der Waals surface area contributed by atoms with Crippen LogP contribution < -0.4 is 14.5 Å². The van der Waals surface area contributed by atoms with Crippen molar-refractivity contribution in [3.05, 3.63) is 23.8 Å². The summed E-state index contributed by atoms with van der Waals surface area (Å²) in [7, 11) is 2.19. The minimum atomic E-state index is 0.356. The molecule has 186 valence electrons. The normalized spacial score (nSPS) is 18.8. The summed E-state index contributed by atoms with van der Waals surface area (Å²) in [5.41, 5.74) is 5.87. The Bertz CT molecular complexity index is 787. The third kappa shape index (κ3) is 6.47. The molecule has 0 N–H and O–H groups in total. The first kappa shape index (κ1) is 25.9. The van der Waals surface area contributed by atoms with Crippen LogP contribution in [0.4, 0.5) is 11.4 Å². The van der Waals surface area contributed by atoms with Crippen molar-refractivity contribution in [1.29, 1.82) is 0 Å². The lowest BCUT2D eigenvalue weighted by Crippen LogP contribution is -2.47. The summed E-state index contributed by atoms with van der Waals surface area (Å²) in [5.74, 6) is 1.79. The minimum absolute atomic E-state index is 0.356. The molecule has 1 unspecified atom stereocenters. The average molecular weight is 456 g/mol. The van der Waals surface area contributed by atoms with Crippen molar-refractivity contribution >= 4 is 16.9 Å². The lowest BCUT2D eigenvalue weighted by atomic mass is 9.75. The van der Waals surface area contributed by atoms with Crippen LogP contribution in [0.5, 0.6) is 5.75 Å². The predicted octanol–water partition coefficient (Wildman–Crippen LogP) is 6.69. The van der Waals surface area contributed by atoms with Gasteiger partial charge in [0.1, 0.15) is 12.4 Å². The Morgan fingerprint density at radius 3 is 2.39 bits per heavy atom. The van der Waals surface area contributed by atoms with Gasteiger partial charge in [0.15, 0.2) is 0 Å². The first-order valence-electron chi connectivity index (χ1n) is 13.4. The number of ether oxygens (including phenoxy) is 1. The topological polar surface area (TPSA) is 19.0 Å². The smallest absolute Gasteiger partial charge is 0.144 e. The molecule has 2 aliphatic heterocycles. The molecule has 4 heteroatoms. The molecule has 0 aliphatic carbocycles. The van der Waals surface area contributed by atoms with Gasteiger partial charge in [0.25, 0.3) is 0 Å². The molecule has 1 aromatic rings. The number of allylic oxidation sites excluding steroid dienone is 2. The summed E-state index contributed by atoms with van der Waals surface area (Å²) in [5, 5.41) is 0. The van der Waals surface area contributed by atoms with Crippen LogP contribution in [0, 0.1) is 11.3 Å². The van der Waals surface area contributed by atoms with E-state index in [1.54, 1.807) is 0 Å². The van der Waals surface area contributed by atoms with E-state index in [0.717, 1.165) is 57.4 Å². The van der Waals surface area contributed by atoms with Crippen molar-refractivity contribution in [2.45, 2.75) is 73.6 Å². The summed E-state index contributed by atoms with van der Waals surface area (Å²) in [4.78, 5) is 7.60. The Labute approximate surface area is 204 Å². The van der Waals surface area contributed by atoms with Crippen LogP contribution in [-0.2, 0) is 0 Å². The average Bonchev–Trinajstić information content (AvgIpc) is 2.80. The molecule has 0 aromatic heterocycles. The van der Waals surface area contributed by atoms with E-state index >= 15 is 0 Å². The highest BCUT2D eigenvalue weighted by Crippen LogP contribution is 2.43. The molecule has 1 aromatic carbocycles. The molecule has 0 radical (unpaired) electrons. The van der Waals surface area contributed by atoms with Crippen LogP contribution >= 0.6 is 0 Å². The van der Waals surface area contributed by atoms with Gasteiger partial charge in [0.2, 0.25) is 0 Å². The lowest BCUT2D eigenvalue weighted by Gasteiger charge is -2.38. The van der Waals surface area contributed by atoms with E-state index in [-0.39, 0.29) is 0 Å². The van der Waals surface area contributed by atoms with Gasteiger partial charge in [-0.1, -0.05) is 53.5 Å². The first-order valence-corrected chi connectivity index (χ1v) is 13.4.